The molecule has 3 rings (SSSR count). The second kappa shape index (κ2) is 8.86. The molecular weight excluding hydrogens is 396 g/mol. The summed E-state index contributed by atoms with van der Waals surface area (Å²) in [7, 11) is 3.72. The minimum atomic E-state index is -0.236. The SMILES string of the molecule is CN(C)c1c(Cl)cccc1NC(=O)Cc1csc(NC(=O)c2ccccc2)n1. The van der Waals surface area contributed by atoms with Gasteiger partial charge < -0.3 is 10.2 Å². The number of anilines is 3. The summed E-state index contributed by atoms with van der Waals surface area (Å²) in [4.78, 5) is 30.8. The highest BCUT2D eigenvalue weighted by Gasteiger charge is 2.14. The fourth-order valence-corrected chi connectivity index (χ4v) is 3.68. The molecule has 144 valence electrons. The van der Waals surface area contributed by atoms with Gasteiger partial charge in [-0.25, -0.2) is 4.98 Å². The van der Waals surface area contributed by atoms with E-state index >= 15 is 0 Å². The van der Waals surface area contributed by atoms with Crippen molar-refractivity contribution in [3.05, 3.63) is 70.2 Å². The van der Waals surface area contributed by atoms with Gasteiger partial charge in [-0.05, 0) is 24.3 Å². The maximum atomic E-state index is 12.4. The minimum absolute atomic E-state index is 0.0943. The molecule has 0 atom stereocenters. The van der Waals surface area contributed by atoms with Crippen LogP contribution in [0.5, 0.6) is 0 Å². The van der Waals surface area contributed by atoms with E-state index < -0.39 is 0 Å². The van der Waals surface area contributed by atoms with Crippen LogP contribution >= 0.6 is 22.9 Å². The molecule has 0 unspecified atom stereocenters. The second-order valence-electron chi connectivity index (χ2n) is 6.22. The summed E-state index contributed by atoms with van der Waals surface area (Å²) in [6, 6.07) is 14.2. The minimum Gasteiger partial charge on any atom is -0.375 e. The Labute approximate surface area is 172 Å². The molecule has 0 aliphatic carbocycles. The molecule has 1 aromatic heterocycles. The quantitative estimate of drug-likeness (QED) is 0.630. The van der Waals surface area contributed by atoms with Gasteiger partial charge in [-0.3, -0.25) is 14.9 Å². The monoisotopic (exact) mass is 414 g/mol. The van der Waals surface area contributed by atoms with Crippen molar-refractivity contribution in [2.24, 2.45) is 0 Å². The van der Waals surface area contributed by atoms with Gasteiger partial charge in [0.25, 0.3) is 5.91 Å². The Morgan fingerprint density at radius 2 is 1.82 bits per heavy atom. The van der Waals surface area contributed by atoms with Gasteiger partial charge >= 0.3 is 0 Å². The normalized spacial score (nSPS) is 10.4. The molecule has 3 aromatic rings. The van der Waals surface area contributed by atoms with Gasteiger partial charge in [-0.2, -0.15) is 0 Å². The highest BCUT2D eigenvalue weighted by atomic mass is 35.5. The molecule has 0 radical (unpaired) electrons. The largest absolute Gasteiger partial charge is 0.375 e. The second-order valence-corrected chi connectivity index (χ2v) is 7.48. The maximum Gasteiger partial charge on any atom is 0.257 e. The third-order valence-electron chi connectivity index (χ3n) is 3.86. The summed E-state index contributed by atoms with van der Waals surface area (Å²) in [5.74, 6) is -0.447. The number of carbonyl (C=O) groups is 2. The maximum absolute atomic E-state index is 12.4. The highest BCUT2D eigenvalue weighted by Crippen LogP contribution is 2.32. The fourth-order valence-electron chi connectivity index (χ4n) is 2.63. The van der Waals surface area contributed by atoms with E-state index in [0.717, 1.165) is 5.69 Å². The number of hydrogen-bond acceptors (Lipinski definition) is 5. The van der Waals surface area contributed by atoms with E-state index in [1.54, 1.807) is 47.8 Å². The van der Waals surface area contributed by atoms with Crippen LogP contribution in [0.2, 0.25) is 5.02 Å². The number of nitrogens with zero attached hydrogens (tertiary/aromatic N) is 2. The van der Waals surface area contributed by atoms with Gasteiger partial charge in [0.05, 0.1) is 28.5 Å². The lowest BCUT2D eigenvalue weighted by Crippen LogP contribution is -2.18. The summed E-state index contributed by atoms with van der Waals surface area (Å²) < 4.78 is 0. The third kappa shape index (κ3) is 4.88. The smallest absolute Gasteiger partial charge is 0.257 e. The Kier molecular flexibility index (Phi) is 6.28. The molecule has 0 fully saturated rings. The average molecular weight is 415 g/mol. The topological polar surface area (TPSA) is 74.3 Å². The lowest BCUT2D eigenvalue weighted by atomic mass is 10.2. The zero-order valence-electron chi connectivity index (χ0n) is 15.4. The van der Waals surface area contributed by atoms with Crippen LogP contribution in [0.3, 0.4) is 0 Å². The van der Waals surface area contributed by atoms with Gasteiger partial charge in [-0.1, -0.05) is 35.9 Å². The van der Waals surface area contributed by atoms with E-state index in [1.165, 1.54) is 11.3 Å². The van der Waals surface area contributed by atoms with Crippen molar-refractivity contribution in [2.75, 3.05) is 29.6 Å². The summed E-state index contributed by atoms with van der Waals surface area (Å²) >= 11 is 7.51. The van der Waals surface area contributed by atoms with Crippen molar-refractivity contribution >= 4 is 51.3 Å². The summed E-state index contributed by atoms with van der Waals surface area (Å²) in [5.41, 5.74) is 2.51. The molecule has 0 saturated heterocycles. The first-order valence-electron chi connectivity index (χ1n) is 8.50. The van der Waals surface area contributed by atoms with Gasteiger partial charge in [0.1, 0.15) is 0 Å². The molecule has 8 heteroatoms. The number of hydrogen-bond donors (Lipinski definition) is 2. The molecule has 2 aromatic carbocycles. The van der Waals surface area contributed by atoms with E-state index in [0.29, 0.717) is 27.1 Å². The third-order valence-corrected chi connectivity index (χ3v) is 4.97. The Hall–Kier alpha value is -2.90. The van der Waals surface area contributed by atoms with Crippen LogP contribution in [0.15, 0.2) is 53.9 Å². The Morgan fingerprint density at radius 3 is 2.54 bits per heavy atom. The van der Waals surface area contributed by atoms with Gasteiger partial charge in [0, 0.05) is 25.0 Å². The number of rotatable bonds is 6. The molecule has 2 amide bonds. The molecule has 28 heavy (non-hydrogen) atoms. The zero-order valence-corrected chi connectivity index (χ0v) is 17.0. The van der Waals surface area contributed by atoms with E-state index in [-0.39, 0.29) is 18.2 Å². The molecule has 0 aliphatic heterocycles. The number of benzene rings is 2. The first-order valence-corrected chi connectivity index (χ1v) is 9.76. The van der Waals surface area contributed by atoms with Crippen LogP contribution in [0.25, 0.3) is 0 Å². The first-order chi connectivity index (χ1) is 13.4. The van der Waals surface area contributed by atoms with Crippen molar-refractivity contribution in [1.29, 1.82) is 0 Å². The van der Waals surface area contributed by atoms with E-state index in [9.17, 15) is 9.59 Å². The summed E-state index contributed by atoms with van der Waals surface area (Å²) in [6.45, 7) is 0. The zero-order chi connectivity index (χ0) is 20.1. The standard InChI is InChI=1S/C20H19ClN4O2S/c1-25(2)18-15(21)9-6-10-16(18)23-17(26)11-14-12-28-20(22-14)24-19(27)13-7-4-3-5-8-13/h3-10,12H,11H2,1-2H3,(H,23,26)(H,22,24,27). The molecule has 0 spiro atoms. The Morgan fingerprint density at radius 1 is 1.07 bits per heavy atom. The number of thiazole rings is 1. The number of aromatic nitrogens is 1. The molecule has 6 nitrogen and oxygen atoms in total. The van der Waals surface area contributed by atoms with Gasteiger partial charge in [0.2, 0.25) is 5.91 Å². The average Bonchev–Trinajstić information content (AvgIpc) is 3.08. The number of halogens is 1. The summed E-state index contributed by atoms with van der Waals surface area (Å²) in [5, 5.41) is 8.38. The van der Waals surface area contributed by atoms with E-state index in [1.807, 2.05) is 25.1 Å². The lowest BCUT2D eigenvalue weighted by molar-refractivity contribution is -0.115. The lowest BCUT2D eigenvalue weighted by Gasteiger charge is -2.19. The van der Waals surface area contributed by atoms with Crippen molar-refractivity contribution < 1.29 is 9.59 Å². The van der Waals surface area contributed by atoms with Gasteiger partial charge in [-0.15, -0.1) is 11.3 Å². The van der Waals surface area contributed by atoms with Crippen LogP contribution in [-0.2, 0) is 11.2 Å². The van der Waals surface area contributed by atoms with Crippen LogP contribution < -0.4 is 15.5 Å². The van der Waals surface area contributed by atoms with Crippen LogP contribution in [0.1, 0.15) is 16.1 Å². The molecule has 0 saturated carbocycles. The molecule has 2 N–H and O–H groups in total. The number of nitrogens with one attached hydrogen (secondary N) is 2. The van der Waals surface area contributed by atoms with Crippen molar-refractivity contribution in [2.45, 2.75) is 6.42 Å². The van der Waals surface area contributed by atoms with Crippen molar-refractivity contribution in [3.8, 4) is 0 Å². The Balaban J connectivity index is 1.63. The summed E-state index contributed by atoms with van der Waals surface area (Å²) in [6.07, 6.45) is 0.0943. The van der Waals surface area contributed by atoms with Crippen LogP contribution in [-0.4, -0.2) is 30.9 Å². The number of carbonyl (C=O) groups excluding carboxylic acids is 2. The number of amides is 2. The molecule has 0 aliphatic rings. The Bertz CT molecular complexity index is 989. The van der Waals surface area contributed by atoms with Gasteiger partial charge in [0.15, 0.2) is 5.13 Å². The first kappa shape index (κ1) is 19.9. The number of para-hydroxylation sites is 1. The highest BCUT2D eigenvalue weighted by molar-refractivity contribution is 7.14. The molecule has 1 heterocycles. The predicted molar refractivity (Wildman–Crippen MR) is 115 cm³/mol. The van der Waals surface area contributed by atoms with Crippen LogP contribution in [0, 0.1) is 0 Å². The van der Waals surface area contributed by atoms with Crippen molar-refractivity contribution in [3.63, 3.8) is 0 Å². The van der Waals surface area contributed by atoms with Crippen LogP contribution in [0.4, 0.5) is 16.5 Å². The predicted octanol–water partition coefficient (Wildman–Crippen LogP) is 4.30. The van der Waals surface area contributed by atoms with E-state index in [4.69, 9.17) is 11.6 Å². The van der Waals surface area contributed by atoms with E-state index in [2.05, 4.69) is 15.6 Å². The molecule has 0 bridgehead atoms. The fraction of sp³-hybridized carbons (Fsp3) is 0.150. The molecular formula is C20H19ClN4O2S. The van der Waals surface area contributed by atoms with Crippen molar-refractivity contribution in [1.82, 2.24) is 4.98 Å².